The molecule has 5 heteroatoms. The summed E-state index contributed by atoms with van der Waals surface area (Å²) >= 11 is 1.54. The van der Waals surface area contributed by atoms with Crippen LogP contribution in [0.3, 0.4) is 0 Å². The first-order valence-electron chi connectivity index (χ1n) is 6.37. The second-order valence-corrected chi connectivity index (χ2v) is 5.63. The van der Waals surface area contributed by atoms with Gasteiger partial charge in [0.25, 0.3) is 5.91 Å². The molecule has 0 fully saturated rings. The number of thiazole rings is 1. The fourth-order valence-electron chi connectivity index (χ4n) is 2.12. The lowest BCUT2D eigenvalue weighted by Gasteiger charge is -2.12. The molecule has 0 aliphatic rings. The summed E-state index contributed by atoms with van der Waals surface area (Å²) < 4.78 is 6.05. The smallest absolute Gasteiger partial charge is 0.251 e. The van der Waals surface area contributed by atoms with E-state index in [2.05, 4.69) is 10.3 Å². The predicted octanol–water partition coefficient (Wildman–Crippen LogP) is 3.25. The molecule has 2 heterocycles. The minimum absolute atomic E-state index is 0.0530. The van der Waals surface area contributed by atoms with Gasteiger partial charge in [-0.3, -0.25) is 4.79 Å². The zero-order chi connectivity index (χ0) is 13.9. The largest absolute Gasteiger partial charge is 0.472 e. The van der Waals surface area contributed by atoms with Crippen LogP contribution in [0.25, 0.3) is 10.2 Å². The first kappa shape index (κ1) is 12.9. The Kier molecular flexibility index (Phi) is 3.52. The molecular formula is C15H14N2O2S. The maximum atomic E-state index is 12.2. The number of rotatable bonds is 4. The molecule has 2 aromatic heterocycles. The molecule has 4 nitrogen and oxygen atoms in total. The van der Waals surface area contributed by atoms with Crippen LogP contribution in [0, 0.1) is 0 Å². The molecule has 3 rings (SSSR count). The summed E-state index contributed by atoms with van der Waals surface area (Å²) in [6.07, 6.45) is 4.10. The molecular weight excluding hydrogens is 272 g/mol. The average molecular weight is 286 g/mol. The highest BCUT2D eigenvalue weighted by molar-refractivity contribution is 7.16. The molecule has 1 aromatic carbocycles. The monoisotopic (exact) mass is 286 g/mol. The fourth-order valence-corrected chi connectivity index (χ4v) is 2.83. The van der Waals surface area contributed by atoms with Gasteiger partial charge in [0.2, 0.25) is 0 Å². The Labute approximate surface area is 120 Å². The Hall–Kier alpha value is -2.14. The summed E-state index contributed by atoms with van der Waals surface area (Å²) in [5, 5.41) is 2.99. The van der Waals surface area contributed by atoms with Gasteiger partial charge in [-0.1, -0.05) is 0 Å². The molecule has 3 aromatic rings. The zero-order valence-corrected chi connectivity index (χ0v) is 11.8. The van der Waals surface area contributed by atoms with Crippen molar-refractivity contribution >= 4 is 27.5 Å². The number of aromatic nitrogens is 1. The first-order chi connectivity index (χ1) is 9.72. The lowest BCUT2D eigenvalue weighted by atomic mass is 10.1. The van der Waals surface area contributed by atoms with E-state index in [0.717, 1.165) is 22.2 Å². The van der Waals surface area contributed by atoms with Gasteiger partial charge < -0.3 is 9.73 Å². The maximum absolute atomic E-state index is 12.2. The molecule has 0 unspecified atom stereocenters. The number of benzene rings is 1. The molecule has 1 amide bonds. The van der Waals surface area contributed by atoms with Crippen LogP contribution < -0.4 is 5.32 Å². The van der Waals surface area contributed by atoms with Crippen LogP contribution >= 0.6 is 11.3 Å². The number of carbonyl (C=O) groups excluding carboxylic acids is 1. The number of furan rings is 1. The summed E-state index contributed by atoms with van der Waals surface area (Å²) in [4.78, 5) is 16.4. The van der Waals surface area contributed by atoms with Crippen molar-refractivity contribution in [2.45, 2.75) is 19.4 Å². The Morgan fingerprint density at radius 2 is 2.35 bits per heavy atom. The molecule has 0 bridgehead atoms. The number of fused-ring (bicyclic) bond motifs is 1. The van der Waals surface area contributed by atoms with E-state index in [0.29, 0.717) is 5.56 Å². The van der Waals surface area contributed by atoms with Gasteiger partial charge in [0.15, 0.2) is 0 Å². The summed E-state index contributed by atoms with van der Waals surface area (Å²) in [6.45, 7) is 1.98. The van der Waals surface area contributed by atoms with Crippen LogP contribution in [-0.4, -0.2) is 16.9 Å². The molecule has 0 saturated carbocycles. The summed E-state index contributed by atoms with van der Waals surface area (Å²) in [6, 6.07) is 7.53. The Morgan fingerprint density at radius 1 is 1.45 bits per heavy atom. The number of amides is 1. The topological polar surface area (TPSA) is 55.1 Å². The van der Waals surface area contributed by atoms with Gasteiger partial charge in [-0.2, -0.15) is 0 Å². The van der Waals surface area contributed by atoms with E-state index in [-0.39, 0.29) is 11.9 Å². The first-order valence-corrected chi connectivity index (χ1v) is 7.25. The third-order valence-electron chi connectivity index (χ3n) is 3.09. The molecule has 20 heavy (non-hydrogen) atoms. The molecule has 1 N–H and O–H groups in total. The van der Waals surface area contributed by atoms with Crippen molar-refractivity contribution in [3.63, 3.8) is 0 Å². The normalized spacial score (nSPS) is 12.4. The van der Waals surface area contributed by atoms with Gasteiger partial charge in [0.1, 0.15) is 0 Å². The second kappa shape index (κ2) is 5.46. The highest BCUT2D eigenvalue weighted by atomic mass is 32.1. The van der Waals surface area contributed by atoms with Crippen LogP contribution in [0.2, 0.25) is 0 Å². The molecule has 0 aliphatic heterocycles. The van der Waals surface area contributed by atoms with Crippen molar-refractivity contribution in [2.24, 2.45) is 0 Å². The Balaban J connectivity index is 1.68. The van der Waals surface area contributed by atoms with E-state index < -0.39 is 0 Å². The third-order valence-corrected chi connectivity index (χ3v) is 3.88. The number of nitrogens with one attached hydrogen (secondary N) is 1. The fraction of sp³-hybridized carbons (Fsp3) is 0.200. The molecule has 0 spiro atoms. The van der Waals surface area contributed by atoms with E-state index in [4.69, 9.17) is 4.42 Å². The number of hydrogen-bond acceptors (Lipinski definition) is 4. The van der Waals surface area contributed by atoms with Crippen LogP contribution in [0.15, 0.2) is 46.7 Å². The molecule has 0 aliphatic carbocycles. The minimum Gasteiger partial charge on any atom is -0.472 e. The van der Waals surface area contributed by atoms with Gasteiger partial charge in [-0.15, -0.1) is 11.3 Å². The summed E-state index contributed by atoms with van der Waals surface area (Å²) in [5.41, 5.74) is 4.46. The predicted molar refractivity (Wildman–Crippen MR) is 79.0 cm³/mol. The van der Waals surface area contributed by atoms with Crippen molar-refractivity contribution in [3.05, 3.63) is 53.4 Å². The van der Waals surface area contributed by atoms with Gasteiger partial charge in [-0.05, 0) is 43.2 Å². The van der Waals surface area contributed by atoms with Crippen LogP contribution in [0.4, 0.5) is 0 Å². The Morgan fingerprint density at radius 3 is 3.15 bits per heavy atom. The summed E-state index contributed by atoms with van der Waals surface area (Å²) in [7, 11) is 0. The Bertz CT molecular complexity index is 718. The third kappa shape index (κ3) is 2.72. The molecule has 1 atom stereocenters. The van der Waals surface area contributed by atoms with Gasteiger partial charge in [0, 0.05) is 11.6 Å². The second-order valence-electron chi connectivity index (χ2n) is 4.75. The SMILES string of the molecule is C[C@@H](Cc1ccoc1)NC(=O)c1ccc2ncsc2c1. The maximum Gasteiger partial charge on any atom is 0.251 e. The number of hydrogen-bond donors (Lipinski definition) is 1. The lowest BCUT2D eigenvalue weighted by molar-refractivity contribution is 0.0940. The standard InChI is InChI=1S/C15H14N2O2S/c1-10(6-11-4-5-19-8-11)17-15(18)12-2-3-13-14(7-12)20-9-16-13/h2-5,7-10H,6H2,1H3,(H,17,18)/t10-/m0/s1. The van der Waals surface area contributed by atoms with Gasteiger partial charge in [-0.25, -0.2) is 4.98 Å². The van der Waals surface area contributed by atoms with E-state index in [1.165, 1.54) is 11.3 Å². The quantitative estimate of drug-likeness (QED) is 0.801. The van der Waals surface area contributed by atoms with E-state index in [1.807, 2.05) is 31.2 Å². The molecule has 102 valence electrons. The molecule has 0 radical (unpaired) electrons. The van der Waals surface area contributed by atoms with Crippen molar-refractivity contribution in [1.82, 2.24) is 10.3 Å². The van der Waals surface area contributed by atoms with Crippen LogP contribution in [0.1, 0.15) is 22.8 Å². The van der Waals surface area contributed by atoms with Gasteiger partial charge >= 0.3 is 0 Å². The van der Waals surface area contributed by atoms with Gasteiger partial charge in [0.05, 0.1) is 28.3 Å². The number of carbonyl (C=O) groups is 1. The zero-order valence-electron chi connectivity index (χ0n) is 11.0. The van der Waals surface area contributed by atoms with E-state index in [1.54, 1.807) is 18.0 Å². The van der Waals surface area contributed by atoms with Crippen LogP contribution in [0.5, 0.6) is 0 Å². The van der Waals surface area contributed by atoms with E-state index >= 15 is 0 Å². The number of nitrogens with zero attached hydrogens (tertiary/aromatic N) is 1. The minimum atomic E-state index is -0.0590. The van der Waals surface area contributed by atoms with Crippen molar-refractivity contribution in [1.29, 1.82) is 0 Å². The molecule has 0 saturated heterocycles. The van der Waals surface area contributed by atoms with Crippen LogP contribution in [-0.2, 0) is 6.42 Å². The van der Waals surface area contributed by atoms with E-state index in [9.17, 15) is 4.79 Å². The average Bonchev–Trinajstić information content (AvgIpc) is 3.07. The lowest BCUT2D eigenvalue weighted by Crippen LogP contribution is -2.33. The highest BCUT2D eigenvalue weighted by Crippen LogP contribution is 2.19. The van der Waals surface area contributed by atoms with Crippen molar-refractivity contribution in [2.75, 3.05) is 0 Å². The highest BCUT2D eigenvalue weighted by Gasteiger charge is 2.11. The summed E-state index contributed by atoms with van der Waals surface area (Å²) in [5.74, 6) is -0.0590. The van der Waals surface area contributed by atoms with Crippen molar-refractivity contribution in [3.8, 4) is 0 Å². The van der Waals surface area contributed by atoms with Crippen molar-refractivity contribution < 1.29 is 9.21 Å².